The summed E-state index contributed by atoms with van der Waals surface area (Å²) in [5.41, 5.74) is 1.57. The number of carbonyl (C=O) groups excluding carboxylic acids is 1. The zero-order valence-electron chi connectivity index (χ0n) is 8.45. The molecule has 0 amide bonds. The second kappa shape index (κ2) is 5.40. The lowest BCUT2D eigenvalue weighted by Gasteiger charge is -2.06. The molecule has 0 saturated heterocycles. The highest BCUT2D eigenvalue weighted by molar-refractivity contribution is 5.79. The molecule has 0 aliphatic carbocycles. The van der Waals surface area contributed by atoms with Crippen molar-refractivity contribution in [1.82, 2.24) is 0 Å². The Kier molecular flexibility index (Phi) is 4.13. The van der Waals surface area contributed by atoms with Gasteiger partial charge in [0.05, 0.1) is 19.3 Å². The molecular formula is C11H14O3. The monoisotopic (exact) mass is 194 g/mol. The number of benzene rings is 1. The van der Waals surface area contributed by atoms with E-state index in [2.05, 4.69) is 0 Å². The Balaban J connectivity index is 2.84. The van der Waals surface area contributed by atoms with Gasteiger partial charge in [0.2, 0.25) is 0 Å². The molecule has 1 rings (SSSR count). The molecule has 14 heavy (non-hydrogen) atoms. The van der Waals surface area contributed by atoms with E-state index in [0.717, 1.165) is 11.8 Å². The van der Waals surface area contributed by atoms with Crippen molar-refractivity contribution in [3.05, 3.63) is 29.3 Å². The maximum absolute atomic E-state index is 10.6. The van der Waals surface area contributed by atoms with Gasteiger partial charge in [-0.2, -0.15) is 0 Å². The fourth-order valence-corrected chi connectivity index (χ4v) is 1.16. The fourth-order valence-electron chi connectivity index (χ4n) is 1.16. The summed E-state index contributed by atoms with van der Waals surface area (Å²) >= 11 is 0. The Bertz CT molecular complexity index is 307. The maximum atomic E-state index is 10.6. The van der Waals surface area contributed by atoms with Gasteiger partial charge in [-0.1, -0.05) is 6.07 Å². The lowest BCUT2D eigenvalue weighted by Crippen LogP contribution is -1.95. The molecule has 0 atom stereocenters. The largest absolute Gasteiger partial charge is 0.496 e. The Morgan fingerprint density at radius 3 is 2.79 bits per heavy atom. The summed E-state index contributed by atoms with van der Waals surface area (Å²) in [7, 11) is 1.55. The summed E-state index contributed by atoms with van der Waals surface area (Å²) < 4.78 is 10.3. The average Bonchev–Trinajstić information content (AvgIpc) is 2.25. The molecule has 0 fully saturated rings. The normalized spacial score (nSPS) is 9.86. The standard InChI is InChI=1S/C11H14O3/c1-3-14-8-9-4-5-10(7-12)11(6-9)13-2/h4-7H,3,8H2,1-2H3. The van der Waals surface area contributed by atoms with E-state index in [1.165, 1.54) is 0 Å². The molecule has 0 aromatic heterocycles. The van der Waals surface area contributed by atoms with Crippen LogP contribution in [0.15, 0.2) is 18.2 Å². The number of hydrogen-bond acceptors (Lipinski definition) is 3. The van der Waals surface area contributed by atoms with E-state index in [1.807, 2.05) is 19.1 Å². The predicted molar refractivity (Wildman–Crippen MR) is 53.7 cm³/mol. The van der Waals surface area contributed by atoms with Gasteiger partial charge in [-0.05, 0) is 24.6 Å². The Hall–Kier alpha value is -1.35. The molecule has 0 spiro atoms. The van der Waals surface area contributed by atoms with Crippen molar-refractivity contribution in [2.45, 2.75) is 13.5 Å². The number of aldehydes is 1. The van der Waals surface area contributed by atoms with Crippen molar-refractivity contribution in [2.24, 2.45) is 0 Å². The van der Waals surface area contributed by atoms with Crippen LogP contribution in [0.4, 0.5) is 0 Å². The first-order chi connectivity index (χ1) is 6.81. The lowest BCUT2D eigenvalue weighted by atomic mass is 10.1. The highest BCUT2D eigenvalue weighted by Crippen LogP contribution is 2.18. The van der Waals surface area contributed by atoms with Crippen LogP contribution in [0.5, 0.6) is 5.75 Å². The van der Waals surface area contributed by atoms with Crippen LogP contribution in [0, 0.1) is 0 Å². The van der Waals surface area contributed by atoms with Gasteiger partial charge in [0.1, 0.15) is 5.75 Å². The number of ether oxygens (including phenoxy) is 2. The minimum atomic E-state index is 0.548. The van der Waals surface area contributed by atoms with Gasteiger partial charge < -0.3 is 9.47 Å². The zero-order valence-corrected chi connectivity index (χ0v) is 8.45. The van der Waals surface area contributed by atoms with Gasteiger partial charge in [-0.15, -0.1) is 0 Å². The summed E-state index contributed by atoms with van der Waals surface area (Å²) in [6.45, 7) is 3.17. The second-order valence-electron chi connectivity index (χ2n) is 2.83. The van der Waals surface area contributed by atoms with E-state index in [4.69, 9.17) is 9.47 Å². The second-order valence-corrected chi connectivity index (χ2v) is 2.83. The van der Waals surface area contributed by atoms with E-state index < -0.39 is 0 Å². The molecular weight excluding hydrogens is 180 g/mol. The summed E-state index contributed by atoms with van der Waals surface area (Å²) in [6, 6.07) is 5.42. The van der Waals surface area contributed by atoms with Crippen molar-refractivity contribution in [1.29, 1.82) is 0 Å². The van der Waals surface area contributed by atoms with Crippen LogP contribution in [0.25, 0.3) is 0 Å². The van der Waals surface area contributed by atoms with Crippen LogP contribution in [0.2, 0.25) is 0 Å². The molecule has 1 aromatic rings. The van der Waals surface area contributed by atoms with Crippen LogP contribution in [-0.4, -0.2) is 20.0 Å². The van der Waals surface area contributed by atoms with E-state index in [1.54, 1.807) is 13.2 Å². The van der Waals surface area contributed by atoms with E-state index in [-0.39, 0.29) is 0 Å². The predicted octanol–water partition coefficient (Wildman–Crippen LogP) is 2.04. The Morgan fingerprint density at radius 2 is 2.21 bits per heavy atom. The van der Waals surface area contributed by atoms with Crippen molar-refractivity contribution in [3.63, 3.8) is 0 Å². The number of hydrogen-bond donors (Lipinski definition) is 0. The minimum Gasteiger partial charge on any atom is -0.496 e. The molecule has 3 nitrogen and oxygen atoms in total. The zero-order chi connectivity index (χ0) is 10.4. The molecule has 0 unspecified atom stereocenters. The van der Waals surface area contributed by atoms with Gasteiger partial charge >= 0.3 is 0 Å². The van der Waals surface area contributed by atoms with Crippen molar-refractivity contribution in [3.8, 4) is 5.75 Å². The van der Waals surface area contributed by atoms with Crippen molar-refractivity contribution >= 4 is 6.29 Å². The first-order valence-corrected chi connectivity index (χ1v) is 4.51. The number of carbonyl (C=O) groups is 1. The van der Waals surface area contributed by atoms with Crippen LogP contribution in [-0.2, 0) is 11.3 Å². The van der Waals surface area contributed by atoms with Gasteiger partial charge in [-0.3, -0.25) is 4.79 Å². The third-order valence-corrected chi connectivity index (χ3v) is 1.90. The van der Waals surface area contributed by atoms with Crippen LogP contribution < -0.4 is 4.74 Å². The van der Waals surface area contributed by atoms with Gasteiger partial charge in [0, 0.05) is 6.61 Å². The van der Waals surface area contributed by atoms with Gasteiger partial charge in [0.15, 0.2) is 6.29 Å². The van der Waals surface area contributed by atoms with E-state index in [9.17, 15) is 4.79 Å². The molecule has 0 aliphatic rings. The molecule has 76 valence electrons. The summed E-state index contributed by atoms with van der Waals surface area (Å²) in [5, 5.41) is 0. The summed E-state index contributed by atoms with van der Waals surface area (Å²) in [5.74, 6) is 0.595. The summed E-state index contributed by atoms with van der Waals surface area (Å²) in [4.78, 5) is 10.6. The molecule has 1 aromatic carbocycles. The molecule has 0 bridgehead atoms. The third-order valence-electron chi connectivity index (χ3n) is 1.90. The Labute approximate surface area is 83.6 Å². The lowest BCUT2D eigenvalue weighted by molar-refractivity contribution is 0.112. The molecule has 0 heterocycles. The van der Waals surface area contributed by atoms with Crippen LogP contribution in [0.3, 0.4) is 0 Å². The Morgan fingerprint density at radius 1 is 1.43 bits per heavy atom. The van der Waals surface area contributed by atoms with Crippen LogP contribution >= 0.6 is 0 Å². The topological polar surface area (TPSA) is 35.5 Å². The molecule has 3 heteroatoms. The highest BCUT2D eigenvalue weighted by atomic mass is 16.5. The highest BCUT2D eigenvalue weighted by Gasteiger charge is 2.02. The number of rotatable bonds is 5. The quantitative estimate of drug-likeness (QED) is 0.673. The molecule has 0 aliphatic heterocycles. The fraction of sp³-hybridized carbons (Fsp3) is 0.364. The van der Waals surface area contributed by atoms with Crippen molar-refractivity contribution in [2.75, 3.05) is 13.7 Å². The molecule has 0 N–H and O–H groups in total. The van der Waals surface area contributed by atoms with E-state index in [0.29, 0.717) is 24.5 Å². The van der Waals surface area contributed by atoms with Crippen LogP contribution in [0.1, 0.15) is 22.8 Å². The summed E-state index contributed by atoms with van der Waals surface area (Å²) in [6.07, 6.45) is 0.781. The minimum absolute atomic E-state index is 0.548. The average molecular weight is 194 g/mol. The number of methoxy groups -OCH3 is 1. The first kappa shape index (κ1) is 10.7. The van der Waals surface area contributed by atoms with E-state index >= 15 is 0 Å². The van der Waals surface area contributed by atoms with Crippen molar-refractivity contribution < 1.29 is 14.3 Å². The maximum Gasteiger partial charge on any atom is 0.153 e. The SMILES string of the molecule is CCOCc1ccc(C=O)c(OC)c1. The molecule has 0 saturated carbocycles. The van der Waals surface area contributed by atoms with Gasteiger partial charge in [0.25, 0.3) is 0 Å². The van der Waals surface area contributed by atoms with Gasteiger partial charge in [-0.25, -0.2) is 0 Å². The smallest absolute Gasteiger partial charge is 0.153 e. The first-order valence-electron chi connectivity index (χ1n) is 4.51. The third kappa shape index (κ3) is 2.57. The molecule has 0 radical (unpaired) electrons.